The maximum Gasteiger partial charge on any atom is 0.306 e. The summed E-state index contributed by atoms with van der Waals surface area (Å²) in [7, 11) is 0. The molecule has 1 aliphatic heterocycles. The van der Waals surface area contributed by atoms with Gasteiger partial charge >= 0.3 is 11.9 Å². The first-order valence-corrected chi connectivity index (χ1v) is 25.0. The van der Waals surface area contributed by atoms with Gasteiger partial charge in [0.1, 0.15) is 6.61 Å². The van der Waals surface area contributed by atoms with Crippen molar-refractivity contribution in [3.05, 3.63) is 0 Å². The number of aliphatic carboxylic acids is 1. The molecule has 1 saturated heterocycles. The monoisotopic (exact) mass is 756 g/mol. The summed E-state index contributed by atoms with van der Waals surface area (Å²) in [4.78, 5) is 22.8. The fourth-order valence-electron chi connectivity index (χ4n) is 5.43. The predicted molar refractivity (Wildman–Crippen MR) is 218 cm³/mol. The van der Waals surface area contributed by atoms with Crippen LogP contribution in [0.15, 0.2) is 0 Å². The Kier molecular flexibility index (Phi) is 32.5. The van der Waals surface area contributed by atoms with E-state index >= 15 is 0 Å². The number of carbonyl (C=O) groups excluding carboxylic acids is 1. The van der Waals surface area contributed by atoms with Crippen molar-refractivity contribution in [1.82, 2.24) is 0 Å². The van der Waals surface area contributed by atoms with Crippen molar-refractivity contribution >= 4 is 82.5 Å². The number of carboxylic acid groups (broad SMARTS) is 1. The van der Waals surface area contributed by atoms with E-state index in [0.29, 0.717) is 11.9 Å². The Bertz CT molecular complexity index is 682. The van der Waals surface area contributed by atoms with E-state index in [1.165, 1.54) is 162 Å². The topological polar surface area (TPSA) is 63.6 Å². The zero-order valence-corrected chi connectivity index (χ0v) is 34.3. The van der Waals surface area contributed by atoms with Crippen molar-refractivity contribution < 1.29 is 19.4 Å². The highest BCUT2D eigenvalue weighted by atomic mass is 32.2. The van der Waals surface area contributed by atoms with Gasteiger partial charge in [-0.1, -0.05) is 104 Å². The molecule has 0 bridgehead atoms. The molecule has 1 aliphatic rings. The lowest BCUT2D eigenvalue weighted by Gasteiger charge is -2.28. The Morgan fingerprint density at radius 2 is 1.09 bits per heavy atom. The highest BCUT2D eigenvalue weighted by molar-refractivity contribution is 8.21. The second kappa shape index (κ2) is 33.2. The van der Waals surface area contributed by atoms with Gasteiger partial charge in [-0.2, -0.15) is 47.0 Å². The van der Waals surface area contributed by atoms with Crippen LogP contribution < -0.4 is 0 Å². The van der Waals surface area contributed by atoms with E-state index in [1.807, 2.05) is 0 Å². The van der Waals surface area contributed by atoms with Gasteiger partial charge in [0.15, 0.2) is 0 Å². The molecule has 1 rings (SSSR count). The molecule has 1 fully saturated rings. The van der Waals surface area contributed by atoms with Crippen LogP contribution in [0.3, 0.4) is 0 Å². The molecule has 4 nitrogen and oxygen atoms in total. The van der Waals surface area contributed by atoms with E-state index in [-0.39, 0.29) is 22.9 Å². The van der Waals surface area contributed by atoms with E-state index in [1.54, 1.807) is 0 Å². The lowest BCUT2D eigenvalue weighted by molar-refractivity contribution is -0.147. The fraction of sp³-hybridized carbons (Fsp3) is 0.944. The fourth-order valence-corrected chi connectivity index (χ4v) is 13.7. The van der Waals surface area contributed by atoms with Crippen molar-refractivity contribution in [2.45, 2.75) is 164 Å². The van der Waals surface area contributed by atoms with Gasteiger partial charge in [0.2, 0.25) is 0 Å². The smallest absolute Gasteiger partial charge is 0.306 e. The average Bonchev–Trinajstić information content (AvgIpc) is 3.46. The summed E-state index contributed by atoms with van der Waals surface area (Å²) in [6, 6.07) is 0. The third-order valence-electron chi connectivity index (χ3n) is 8.20. The second-order valence-corrected chi connectivity index (χ2v) is 21.1. The molecule has 0 aromatic carbocycles. The lowest BCUT2D eigenvalue weighted by Crippen LogP contribution is -2.20. The molecule has 0 radical (unpaired) electrons. The van der Waals surface area contributed by atoms with E-state index in [4.69, 9.17) is 9.84 Å². The number of carboxylic acids is 1. The summed E-state index contributed by atoms with van der Waals surface area (Å²) in [5, 5.41) is 11.7. The van der Waals surface area contributed by atoms with Crippen LogP contribution in [0.1, 0.15) is 155 Å². The van der Waals surface area contributed by atoms with E-state index < -0.39 is 5.97 Å². The number of unbranched alkanes of at least 4 members (excludes halogenated alkanes) is 14. The first-order valence-electron chi connectivity index (χ1n) is 18.5. The number of thioether (sulfide) groups is 6. The molecule has 0 amide bonds. The van der Waals surface area contributed by atoms with Gasteiger partial charge < -0.3 is 9.84 Å². The number of esters is 1. The third-order valence-corrected chi connectivity index (χ3v) is 17.0. The second-order valence-electron chi connectivity index (χ2n) is 12.6. The van der Waals surface area contributed by atoms with E-state index in [9.17, 15) is 9.59 Å². The van der Waals surface area contributed by atoms with Gasteiger partial charge in [-0.3, -0.25) is 9.59 Å². The Labute approximate surface area is 309 Å². The molecule has 1 atom stereocenters. The quantitative estimate of drug-likeness (QED) is 0.0384. The predicted octanol–water partition coefficient (Wildman–Crippen LogP) is 12.6. The molecule has 0 spiro atoms. The van der Waals surface area contributed by atoms with Gasteiger partial charge in [0.25, 0.3) is 0 Å². The van der Waals surface area contributed by atoms with Crippen LogP contribution in [0, 0.1) is 0 Å². The molecule has 1 unspecified atom stereocenters. The van der Waals surface area contributed by atoms with Crippen LogP contribution in [0.5, 0.6) is 0 Å². The highest BCUT2D eigenvalue weighted by Crippen LogP contribution is 2.54. The van der Waals surface area contributed by atoms with Crippen molar-refractivity contribution in [2.24, 2.45) is 0 Å². The zero-order valence-electron chi connectivity index (χ0n) is 29.4. The standard InChI is InChI=1S/C36H68O4S6/c1-3-5-17-25-41-31-43-27-19-13-9-7-11-15-23-36(45-30-33(46-36)29-40-35(39)22-21-34(37)38)24-16-12-8-10-14-20-28-44-32-42-26-18-6-4-2/h33H,3-32H2,1-2H3,(H,37,38). The summed E-state index contributed by atoms with van der Waals surface area (Å²) in [5.74, 6) is 5.00. The molecule has 10 heteroatoms. The molecule has 1 heterocycles. The summed E-state index contributed by atoms with van der Waals surface area (Å²) in [6.45, 7) is 4.97. The highest BCUT2D eigenvalue weighted by Gasteiger charge is 2.40. The van der Waals surface area contributed by atoms with Crippen molar-refractivity contribution in [2.75, 3.05) is 45.5 Å². The van der Waals surface area contributed by atoms with Crippen LogP contribution in [0.4, 0.5) is 0 Å². The number of hydrogen-bond acceptors (Lipinski definition) is 9. The number of hydrogen-bond donors (Lipinski definition) is 1. The molecular weight excluding hydrogens is 689 g/mol. The van der Waals surface area contributed by atoms with Crippen LogP contribution in [-0.2, 0) is 14.3 Å². The summed E-state index contributed by atoms with van der Waals surface area (Å²) in [6.07, 6.45) is 26.6. The normalized spacial score (nSPS) is 15.8. The Morgan fingerprint density at radius 3 is 1.54 bits per heavy atom. The number of carbonyl (C=O) groups is 2. The Hall–Kier alpha value is 1.04. The molecule has 46 heavy (non-hydrogen) atoms. The lowest BCUT2D eigenvalue weighted by atomic mass is 10.0. The van der Waals surface area contributed by atoms with Crippen LogP contribution >= 0.6 is 70.6 Å². The summed E-state index contributed by atoms with van der Waals surface area (Å²) in [5.41, 5.74) is 0. The maximum atomic E-state index is 12.0. The van der Waals surface area contributed by atoms with Crippen LogP contribution in [0.25, 0.3) is 0 Å². The minimum Gasteiger partial charge on any atom is -0.481 e. The summed E-state index contributed by atoms with van der Waals surface area (Å²) < 4.78 is 5.74. The largest absolute Gasteiger partial charge is 0.481 e. The first kappa shape index (κ1) is 45.1. The number of rotatable bonds is 35. The molecule has 0 aliphatic carbocycles. The Balaban J connectivity index is 2.24. The SMILES string of the molecule is CCCCCSCSCCCCCCCCC1(CCCCCCCCSCSCCCCC)SCC(COC(=O)CCC(=O)O)S1. The Morgan fingerprint density at radius 1 is 0.652 bits per heavy atom. The molecule has 0 saturated carbocycles. The molecular formula is C36H68O4S6. The van der Waals surface area contributed by atoms with Gasteiger partial charge in [0, 0.05) is 21.2 Å². The van der Waals surface area contributed by atoms with Gasteiger partial charge in [0.05, 0.1) is 16.9 Å². The molecule has 0 aromatic heterocycles. The van der Waals surface area contributed by atoms with Crippen molar-refractivity contribution in [3.63, 3.8) is 0 Å². The minimum atomic E-state index is -0.945. The molecule has 272 valence electrons. The maximum absolute atomic E-state index is 12.0. The zero-order chi connectivity index (χ0) is 33.4. The minimum absolute atomic E-state index is 0.0294. The van der Waals surface area contributed by atoms with Gasteiger partial charge in [-0.05, 0) is 61.5 Å². The average molecular weight is 757 g/mol. The van der Waals surface area contributed by atoms with Crippen LogP contribution in [0.2, 0.25) is 0 Å². The van der Waals surface area contributed by atoms with Crippen LogP contribution in [-0.4, -0.2) is 71.9 Å². The number of ether oxygens (including phenoxy) is 1. The first-order chi connectivity index (χ1) is 22.5. The molecule has 1 N–H and O–H groups in total. The van der Waals surface area contributed by atoms with Gasteiger partial charge in [-0.25, -0.2) is 0 Å². The van der Waals surface area contributed by atoms with Gasteiger partial charge in [-0.15, -0.1) is 23.5 Å². The molecule has 0 aromatic rings. The van der Waals surface area contributed by atoms with E-state index in [2.05, 4.69) is 84.4 Å². The summed E-state index contributed by atoms with van der Waals surface area (Å²) >= 11 is 12.6. The van der Waals surface area contributed by atoms with Crippen molar-refractivity contribution in [1.29, 1.82) is 0 Å². The van der Waals surface area contributed by atoms with E-state index in [0.717, 1.165) is 5.75 Å². The van der Waals surface area contributed by atoms with Crippen molar-refractivity contribution in [3.8, 4) is 0 Å². The third kappa shape index (κ3) is 27.8.